The summed E-state index contributed by atoms with van der Waals surface area (Å²) < 4.78 is 44.1. The van der Waals surface area contributed by atoms with Crippen molar-refractivity contribution in [3.63, 3.8) is 0 Å². The highest BCUT2D eigenvalue weighted by atomic mass is 35.5. The van der Waals surface area contributed by atoms with Gasteiger partial charge >= 0.3 is 12.3 Å². The third-order valence-corrected chi connectivity index (χ3v) is 2.33. The van der Waals surface area contributed by atoms with Crippen LogP contribution < -0.4 is 4.74 Å². The van der Waals surface area contributed by atoms with E-state index in [4.69, 9.17) is 11.6 Å². The minimum Gasteiger partial charge on any atom is -0.465 e. The van der Waals surface area contributed by atoms with Crippen LogP contribution in [0.25, 0.3) is 0 Å². The highest BCUT2D eigenvalue weighted by molar-refractivity contribution is 6.29. The van der Waals surface area contributed by atoms with Crippen LogP contribution in [0.2, 0.25) is 0 Å². The molecule has 0 aliphatic carbocycles. The van der Waals surface area contributed by atoms with E-state index in [2.05, 4.69) is 9.47 Å². The molecule has 100 valence electrons. The van der Waals surface area contributed by atoms with Crippen LogP contribution in [0.5, 0.6) is 5.75 Å². The molecular formula is C11H10ClF3O3. The van der Waals surface area contributed by atoms with Crippen LogP contribution in [0, 0.1) is 0 Å². The lowest BCUT2D eigenvalue weighted by molar-refractivity contribution is -0.274. The predicted octanol–water partition coefficient (Wildman–Crippen LogP) is 3.43. The molecule has 7 heteroatoms. The zero-order valence-electron chi connectivity index (χ0n) is 9.33. The number of carbonyl (C=O) groups is 1. The molecule has 0 amide bonds. The van der Waals surface area contributed by atoms with E-state index in [1.54, 1.807) is 6.92 Å². The number of ether oxygens (including phenoxy) is 2. The first-order valence-corrected chi connectivity index (χ1v) is 5.43. The zero-order chi connectivity index (χ0) is 13.8. The van der Waals surface area contributed by atoms with Crippen molar-refractivity contribution >= 4 is 17.6 Å². The molecule has 0 saturated heterocycles. The van der Waals surface area contributed by atoms with Crippen molar-refractivity contribution in [1.29, 1.82) is 0 Å². The monoisotopic (exact) mass is 282 g/mol. The number of hydrogen-bond donors (Lipinski definition) is 0. The first kappa shape index (κ1) is 14.6. The maximum absolute atomic E-state index is 11.9. The highest BCUT2D eigenvalue weighted by Crippen LogP contribution is 2.27. The van der Waals surface area contributed by atoms with Crippen LogP contribution in [0.1, 0.15) is 17.9 Å². The minimum atomic E-state index is -4.75. The Balaban J connectivity index is 2.73. The Morgan fingerprint density at radius 1 is 1.33 bits per heavy atom. The van der Waals surface area contributed by atoms with Crippen molar-refractivity contribution in [3.8, 4) is 5.75 Å². The maximum Gasteiger partial charge on any atom is 0.573 e. The summed E-state index contributed by atoms with van der Waals surface area (Å²) in [6, 6.07) is 4.71. The van der Waals surface area contributed by atoms with E-state index in [9.17, 15) is 18.0 Å². The predicted molar refractivity (Wildman–Crippen MR) is 58.4 cm³/mol. The van der Waals surface area contributed by atoms with Crippen LogP contribution in [-0.2, 0) is 9.53 Å². The summed E-state index contributed by atoms with van der Waals surface area (Å²) in [7, 11) is 0. The standard InChI is InChI=1S/C11H10ClF3O3/c1-2-17-10(16)9(12)7-3-5-8(6-4-7)18-11(13,14)15/h3-6,9H,2H2,1H3/t9-/m1/s1. The summed E-state index contributed by atoms with van der Waals surface area (Å²) >= 11 is 5.78. The molecule has 0 saturated carbocycles. The lowest BCUT2D eigenvalue weighted by Crippen LogP contribution is -2.17. The van der Waals surface area contributed by atoms with Crippen LogP contribution >= 0.6 is 11.6 Å². The molecule has 3 nitrogen and oxygen atoms in total. The summed E-state index contributed by atoms with van der Waals surface area (Å²) in [6.45, 7) is 1.80. The van der Waals surface area contributed by atoms with Gasteiger partial charge in [-0.15, -0.1) is 24.8 Å². The fourth-order valence-electron chi connectivity index (χ4n) is 1.19. The number of benzene rings is 1. The van der Waals surface area contributed by atoms with Crippen molar-refractivity contribution in [1.82, 2.24) is 0 Å². The Kier molecular flexibility index (Phi) is 4.84. The molecule has 0 unspecified atom stereocenters. The lowest BCUT2D eigenvalue weighted by Gasteiger charge is -2.11. The van der Waals surface area contributed by atoms with E-state index >= 15 is 0 Å². The van der Waals surface area contributed by atoms with Gasteiger partial charge in [-0.05, 0) is 24.6 Å². The SMILES string of the molecule is CCOC(=O)[C@H](Cl)c1ccc(OC(F)(F)F)cc1. The molecule has 1 rings (SSSR count). The molecule has 0 aromatic heterocycles. The molecule has 1 aromatic rings. The average Bonchev–Trinajstić information content (AvgIpc) is 2.27. The van der Waals surface area contributed by atoms with Crippen LogP contribution in [-0.4, -0.2) is 18.9 Å². The molecule has 0 N–H and O–H groups in total. The summed E-state index contributed by atoms with van der Waals surface area (Å²) in [5.41, 5.74) is 0.338. The average molecular weight is 283 g/mol. The second-order valence-electron chi connectivity index (χ2n) is 3.23. The van der Waals surface area contributed by atoms with Crippen LogP contribution in [0.4, 0.5) is 13.2 Å². The second kappa shape index (κ2) is 5.95. The number of hydrogen-bond acceptors (Lipinski definition) is 3. The Hall–Kier alpha value is -1.43. The zero-order valence-corrected chi connectivity index (χ0v) is 10.1. The van der Waals surface area contributed by atoms with E-state index in [1.807, 2.05) is 0 Å². The van der Waals surface area contributed by atoms with Crippen molar-refractivity contribution in [3.05, 3.63) is 29.8 Å². The molecule has 0 spiro atoms. The van der Waals surface area contributed by atoms with Gasteiger partial charge in [0.15, 0.2) is 5.38 Å². The second-order valence-corrected chi connectivity index (χ2v) is 3.67. The number of carbonyl (C=O) groups excluding carboxylic acids is 1. The third kappa shape index (κ3) is 4.44. The number of esters is 1. The van der Waals surface area contributed by atoms with Gasteiger partial charge in [0, 0.05) is 0 Å². The van der Waals surface area contributed by atoms with Crippen molar-refractivity contribution < 1.29 is 27.4 Å². The molecule has 0 aliphatic rings. The Labute approximate surface area is 106 Å². The summed E-state index contributed by atoms with van der Waals surface area (Å²) in [5.74, 6) is -1.03. The van der Waals surface area contributed by atoms with Gasteiger partial charge in [0.1, 0.15) is 5.75 Å². The van der Waals surface area contributed by atoms with Gasteiger partial charge in [0.25, 0.3) is 0 Å². The maximum atomic E-state index is 11.9. The molecular weight excluding hydrogens is 273 g/mol. The van der Waals surface area contributed by atoms with E-state index < -0.39 is 17.7 Å². The Morgan fingerprint density at radius 3 is 2.33 bits per heavy atom. The van der Waals surface area contributed by atoms with E-state index in [0.717, 1.165) is 12.1 Å². The van der Waals surface area contributed by atoms with E-state index in [0.29, 0.717) is 5.56 Å². The Morgan fingerprint density at radius 2 is 1.89 bits per heavy atom. The van der Waals surface area contributed by atoms with Gasteiger partial charge < -0.3 is 9.47 Å². The van der Waals surface area contributed by atoms with Crippen LogP contribution in [0.3, 0.4) is 0 Å². The van der Waals surface area contributed by atoms with Gasteiger partial charge in [0.05, 0.1) is 6.61 Å². The van der Waals surface area contributed by atoms with Crippen molar-refractivity contribution in [2.45, 2.75) is 18.7 Å². The molecule has 18 heavy (non-hydrogen) atoms. The van der Waals surface area contributed by atoms with Crippen LogP contribution in [0.15, 0.2) is 24.3 Å². The molecule has 1 aromatic carbocycles. The first-order valence-electron chi connectivity index (χ1n) is 5.00. The normalized spacial score (nSPS) is 12.9. The fourth-order valence-corrected chi connectivity index (χ4v) is 1.40. The van der Waals surface area contributed by atoms with E-state index in [1.165, 1.54) is 12.1 Å². The quantitative estimate of drug-likeness (QED) is 0.627. The summed E-state index contributed by atoms with van der Waals surface area (Å²) in [4.78, 5) is 11.3. The number of alkyl halides is 4. The molecule has 0 aliphatic heterocycles. The van der Waals surface area contributed by atoms with Crippen molar-refractivity contribution in [2.75, 3.05) is 6.61 Å². The largest absolute Gasteiger partial charge is 0.573 e. The number of rotatable bonds is 4. The van der Waals surface area contributed by atoms with Gasteiger partial charge in [-0.25, -0.2) is 0 Å². The van der Waals surface area contributed by atoms with E-state index in [-0.39, 0.29) is 12.4 Å². The third-order valence-electron chi connectivity index (χ3n) is 1.90. The fraction of sp³-hybridized carbons (Fsp3) is 0.364. The Bertz CT molecular complexity index is 403. The summed E-state index contributed by atoms with van der Waals surface area (Å²) in [5, 5.41) is -1.05. The topological polar surface area (TPSA) is 35.5 Å². The molecule has 0 bridgehead atoms. The smallest absolute Gasteiger partial charge is 0.465 e. The van der Waals surface area contributed by atoms with Crippen molar-refractivity contribution in [2.24, 2.45) is 0 Å². The highest BCUT2D eigenvalue weighted by Gasteiger charge is 2.31. The number of halogens is 4. The molecule has 1 atom stereocenters. The van der Waals surface area contributed by atoms with Gasteiger partial charge in [-0.3, -0.25) is 4.79 Å². The molecule has 0 fully saturated rings. The summed E-state index contributed by atoms with van der Waals surface area (Å²) in [6.07, 6.45) is -4.75. The first-order chi connectivity index (χ1) is 8.33. The lowest BCUT2D eigenvalue weighted by atomic mass is 10.1. The molecule has 0 heterocycles. The minimum absolute atomic E-state index is 0.178. The molecule has 0 radical (unpaired) electrons. The van der Waals surface area contributed by atoms with Gasteiger partial charge in [0.2, 0.25) is 0 Å². The van der Waals surface area contributed by atoms with Gasteiger partial charge in [-0.1, -0.05) is 12.1 Å². The van der Waals surface area contributed by atoms with Gasteiger partial charge in [-0.2, -0.15) is 0 Å².